The molecule has 3 heterocycles. The van der Waals surface area contributed by atoms with Crippen LogP contribution < -0.4 is 11.5 Å². The van der Waals surface area contributed by atoms with Crippen LogP contribution >= 0.6 is 0 Å². The summed E-state index contributed by atoms with van der Waals surface area (Å²) < 4.78 is 25.1. The van der Waals surface area contributed by atoms with Crippen LogP contribution in [0.4, 0.5) is 17.1 Å². The lowest BCUT2D eigenvalue weighted by Gasteiger charge is -2.06. The quantitative estimate of drug-likeness (QED) is 0.0591. The van der Waals surface area contributed by atoms with E-state index in [0.717, 1.165) is 64.9 Å². The Balaban J connectivity index is 0.000000166. The summed E-state index contributed by atoms with van der Waals surface area (Å²) in [5.74, 6) is 0. The molecule has 0 aliphatic rings. The van der Waals surface area contributed by atoms with Gasteiger partial charge in [0.25, 0.3) is 5.69 Å². The van der Waals surface area contributed by atoms with Crippen molar-refractivity contribution in [3.63, 3.8) is 0 Å². The van der Waals surface area contributed by atoms with E-state index in [-0.39, 0.29) is 5.69 Å². The number of aromatic nitrogens is 6. The van der Waals surface area contributed by atoms with E-state index in [1.165, 1.54) is 12.1 Å². The fourth-order valence-corrected chi connectivity index (χ4v) is 4.54. The second kappa shape index (κ2) is 18.9. The van der Waals surface area contributed by atoms with E-state index in [4.69, 9.17) is 30.4 Å². The Morgan fingerprint density at radius 3 is 2.12 bits per heavy atom. The second-order valence-corrected chi connectivity index (χ2v) is 10.4. The molecule has 15 nitrogen and oxygen atoms in total. The standard InChI is InChI=1S/2C13H19N3O2.C7H5N3O2/c1-2-17-7-8-18-6-5-16-10-11-3-4-12(14)9-13(11)15-16;1-2-17-7-8-18-6-5-16-13-9-12(14)4-3-11(13)10-15-16;11-10(12)6-2-1-5-4-8-9-7(5)3-6/h2*3-4,9-10H,2,5-8,14H2,1H3;1-4H,(H,8,9). The minimum Gasteiger partial charge on any atom is -0.399 e. The molecule has 0 aliphatic heterocycles. The summed E-state index contributed by atoms with van der Waals surface area (Å²) in [7, 11) is 0. The molecule has 0 aliphatic carbocycles. The van der Waals surface area contributed by atoms with Gasteiger partial charge in [0.15, 0.2) is 0 Å². The predicted octanol–water partition coefficient (Wildman–Crippen LogP) is 4.81. The van der Waals surface area contributed by atoms with Crippen LogP contribution in [-0.2, 0) is 32.0 Å². The molecular weight excluding hydrogens is 618 g/mol. The SMILES string of the molecule is CCOCCOCCn1cc2ccc(N)cc2n1.CCOCCOCCn1ncc2ccc(N)cc21.O=[N+]([O-])c1ccc2cn[nH]c2c1. The fraction of sp³-hybridized carbons (Fsp3) is 0.364. The van der Waals surface area contributed by atoms with E-state index in [2.05, 4.69) is 20.4 Å². The van der Waals surface area contributed by atoms with E-state index in [1.54, 1.807) is 12.3 Å². The van der Waals surface area contributed by atoms with Gasteiger partial charge in [0.1, 0.15) is 0 Å². The van der Waals surface area contributed by atoms with Crippen LogP contribution in [0.2, 0.25) is 0 Å². The van der Waals surface area contributed by atoms with Crippen LogP contribution in [0.15, 0.2) is 73.2 Å². The van der Waals surface area contributed by atoms with Gasteiger partial charge in [0.2, 0.25) is 0 Å². The molecule has 0 unspecified atom stereocenters. The van der Waals surface area contributed by atoms with Crippen LogP contribution in [-0.4, -0.2) is 87.5 Å². The van der Waals surface area contributed by atoms with Gasteiger partial charge in [0.05, 0.1) is 86.6 Å². The Labute approximate surface area is 277 Å². The van der Waals surface area contributed by atoms with Crippen LogP contribution in [0, 0.1) is 10.1 Å². The molecule has 0 atom stereocenters. The summed E-state index contributed by atoms with van der Waals surface area (Å²) >= 11 is 0. The number of fused-ring (bicyclic) bond motifs is 3. The maximum absolute atomic E-state index is 10.3. The van der Waals surface area contributed by atoms with Gasteiger partial charge in [-0.15, -0.1) is 0 Å². The van der Waals surface area contributed by atoms with Gasteiger partial charge < -0.3 is 30.4 Å². The number of hydrogen-bond donors (Lipinski definition) is 3. The lowest BCUT2D eigenvalue weighted by Crippen LogP contribution is -2.10. The van der Waals surface area contributed by atoms with E-state index in [9.17, 15) is 10.1 Å². The third-order valence-electron chi connectivity index (χ3n) is 6.95. The molecule has 0 saturated carbocycles. The number of nitro benzene ring substituents is 1. The number of ether oxygens (including phenoxy) is 4. The van der Waals surface area contributed by atoms with E-state index >= 15 is 0 Å². The lowest BCUT2D eigenvalue weighted by molar-refractivity contribution is -0.384. The Morgan fingerprint density at radius 2 is 1.42 bits per heavy atom. The maximum atomic E-state index is 10.3. The fourth-order valence-electron chi connectivity index (χ4n) is 4.54. The van der Waals surface area contributed by atoms with Crippen molar-refractivity contribution in [2.24, 2.45) is 0 Å². The Hall–Kier alpha value is -5.09. The van der Waals surface area contributed by atoms with Crippen LogP contribution in [0.5, 0.6) is 0 Å². The van der Waals surface area contributed by atoms with Gasteiger partial charge in [-0.25, -0.2) is 0 Å². The van der Waals surface area contributed by atoms with Crippen LogP contribution in [0.25, 0.3) is 32.7 Å². The van der Waals surface area contributed by atoms with E-state index in [0.29, 0.717) is 45.2 Å². The number of non-ortho nitro benzene ring substituents is 1. The van der Waals surface area contributed by atoms with Crippen molar-refractivity contribution < 1.29 is 23.9 Å². The highest BCUT2D eigenvalue weighted by atomic mass is 16.6. The van der Waals surface area contributed by atoms with Gasteiger partial charge >= 0.3 is 0 Å². The van der Waals surface area contributed by atoms with Crippen molar-refractivity contribution in [3.8, 4) is 0 Å². The van der Waals surface area contributed by atoms with Crippen molar-refractivity contribution in [1.82, 2.24) is 29.8 Å². The molecule has 15 heteroatoms. The first-order valence-electron chi connectivity index (χ1n) is 15.7. The first-order valence-corrected chi connectivity index (χ1v) is 15.7. The average molecular weight is 662 g/mol. The summed E-state index contributed by atoms with van der Waals surface area (Å²) in [6.07, 6.45) is 5.47. The van der Waals surface area contributed by atoms with Crippen molar-refractivity contribution >= 4 is 49.8 Å². The highest BCUT2D eigenvalue weighted by molar-refractivity contribution is 5.82. The zero-order valence-electron chi connectivity index (χ0n) is 27.3. The van der Waals surface area contributed by atoms with Gasteiger partial charge in [-0.1, -0.05) is 0 Å². The van der Waals surface area contributed by atoms with Crippen LogP contribution in [0.3, 0.4) is 0 Å². The smallest absolute Gasteiger partial charge is 0.271 e. The number of H-pyrrole nitrogens is 1. The van der Waals surface area contributed by atoms with Gasteiger partial charge in [0, 0.05) is 59.1 Å². The van der Waals surface area contributed by atoms with Crippen molar-refractivity contribution in [2.45, 2.75) is 26.9 Å². The zero-order valence-corrected chi connectivity index (χ0v) is 27.3. The Morgan fingerprint density at radius 1 is 0.771 bits per heavy atom. The number of nitrogens with zero attached hydrogens (tertiary/aromatic N) is 6. The molecular formula is C33H43N9O6. The molecule has 6 aromatic rings. The summed E-state index contributed by atoms with van der Waals surface area (Å²) in [6, 6.07) is 16.1. The molecule has 6 rings (SSSR count). The molecule has 256 valence electrons. The number of anilines is 2. The lowest BCUT2D eigenvalue weighted by atomic mass is 10.2. The number of nitrogen functional groups attached to an aromatic ring is 2. The third kappa shape index (κ3) is 11.0. The zero-order chi connectivity index (χ0) is 34.1. The highest BCUT2D eigenvalue weighted by Gasteiger charge is 2.06. The van der Waals surface area contributed by atoms with Gasteiger partial charge in [-0.05, 0) is 56.3 Å². The number of nitro groups is 1. The molecule has 5 N–H and O–H groups in total. The maximum Gasteiger partial charge on any atom is 0.271 e. The molecule has 3 aromatic heterocycles. The number of nitrogens with one attached hydrogen (secondary N) is 1. The van der Waals surface area contributed by atoms with Gasteiger partial charge in [-0.2, -0.15) is 15.3 Å². The molecule has 3 aromatic carbocycles. The molecule has 0 bridgehead atoms. The Kier molecular flexibility index (Phi) is 14.1. The molecule has 0 fully saturated rings. The molecule has 0 spiro atoms. The van der Waals surface area contributed by atoms with Crippen molar-refractivity contribution in [3.05, 3.63) is 83.3 Å². The topological polar surface area (TPSA) is 196 Å². The largest absolute Gasteiger partial charge is 0.399 e. The summed E-state index contributed by atoms with van der Waals surface area (Å²) in [5.41, 5.74) is 15.7. The summed E-state index contributed by atoms with van der Waals surface area (Å²) in [5, 5.41) is 28.6. The Bertz CT molecular complexity index is 1850. The minimum absolute atomic E-state index is 0.0757. The molecule has 0 saturated heterocycles. The summed E-state index contributed by atoms with van der Waals surface area (Å²) in [4.78, 5) is 9.91. The predicted molar refractivity (Wildman–Crippen MR) is 186 cm³/mol. The number of rotatable bonds is 15. The first-order chi connectivity index (χ1) is 23.4. The number of aromatic amines is 1. The third-order valence-corrected chi connectivity index (χ3v) is 6.95. The van der Waals surface area contributed by atoms with E-state index in [1.807, 2.05) is 72.0 Å². The number of benzene rings is 3. The average Bonchev–Trinajstić information content (AvgIpc) is 3.82. The van der Waals surface area contributed by atoms with Crippen LogP contribution in [0.1, 0.15) is 13.8 Å². The summed E-state index contributed by atoms with van der Waals surface area (Å²) in [6.45, 7) is 10.7. The number of hydrogen-bond acceptors (Lipinski definition) is 11. The van der Waals surface area contributed by atoms with Crippen molar-refractivity contribution in [2.75, 3.05) is 64.3 Å². The van der Waals surface area contributed by atoms with E-state index < -0.39 is 4.92 Å². The first kappa shape index (κ1) is 35.8. The normalized spacial score (nSPS) is 11.0. The molecule has 0 radical (unpaired) electrons. The minimum atomic E-state index is -0.430. The number of nitrogens with two attached hydrogens (primary N) is 2. The van der Waals surface area contributed by atoms with Crippen molar-refractivity contribution in [1.29, 1.82) is 0 Å². The molecule has 48 heavy (non-hydrogen) atoms. The highest BCUT2D eigenvalue weighted by Crippen LogP contribution is 2.18. The monoisotopic (exact) mass is 661 g/mol. The second-order valence-electron chi connectivity index (χ2n) is 10.4. The van der Waals surface area contributed by atoms with Gasteiger partial charge in [-0.3, -0.25) is 24.6 Å². The molecule has 0 amide bonds.